The van der Waals surface area contributed by atoms with Crippen LogP contribution in [0.3, 0.4) is 0 Å². The molecule has 0 amide bonds. The summed E-state index contributed by atoms with van der Waals surface area (Å²) in [5, 5.41) is 3.92. The molecule has 1 saturated carbocycles. The third kappa shape index (κ3) is 1.58. The minimum Gasteiger partial charge on any atom is -0.339 e. The Morgan fingerprint density at radius 3 is 2.92 bits per heavy atom. The van der Waals surface area contributed by atoms with Gasteiger partial charge in [0, 0.05) is 18.4 Å². The summed E-state index contributed by atoms with van der Waals surface area (Å²) in [6.45, 7) is 4.77. The number of rotatable bonds is 3. The molecule has 1 fully saturated rings. The van der Waals surface area contributed by atoms with Gasteiger partial charge in [-0.1, -0.05) is 19.0 Å². The lowest BCUT2D eigenvalue weighted by atomic mass is 10.2. The van der Waals surface area contributed by atoms with E-state index in [2.05, 4.69) is 17.1 Å². The van der Waals surface area contributed by atoms with Crippen LogP contribution in [0, 0.1) is 5.92 Å². The Morgan fingerprint density at radius 2 is 2.38 bits per heavy atom. The molecule has 4 heteroatoms. The molecule has 0 radical (unpaired) electrons. The van der Waals surface area contributed by atoms with E-state index in [-0.39, 0.29) is 5.92 Å². The van der Waals surface area contributed by atoms with E-state index in [9.17, 15) is 0 Å². The molecule has 1 aliphatic rings. The molecule has 13 heavy (non-hydrogen) atoms. The van der Waals surface area contributed by atoms with Gasteiger partial charge in [0.2, 0.25) is 5.89 Å². The van der Waals surface area contributed by atoms with E-state index in [0.717, 1.165) is 11.7 Å². The molecule has 0 bridgehead atoms. The molecular formula is C9H15N3O. The predicted molar refractivity (Wildman–Crippen MR) is 48.3 cm³/mol. The number of nitrogens with zero attached hydrogens (tertiary/aromatic N) is 2. The quantitative estimate of drug-likeness (QED) is 0.762. The van der Waals surface area contributed by atoms with Crippen LogP contribution in [0.5, 0.6) is 0 Å². The molecule has 1 aromatic rings. The zero-order valence-electron chi connectivity index (χ0n) is 8.03. The first kappa shape index (κ1) is 8.69. The van der Waals surface area contributed by atoms with Crippen LogP contribution in [0.2, 0.25) is 0 Å². The summed E-state index contributed by atoms with van der Waals surface area (Å²) in [6.07, 6.45) is 1.18. The van der Waals surface area contributed by atoms with Crippen molar-refractivity contribution in [1.29, 1.82) is 0 Å². The van der Waals surface area contributed by atoms with Gasteiger partial charge in [-0.25, -0.2) is 0 Å². The molecule has 0 saturated heterocycles. The Morgan fingerprint density at radius 1 is 1.69 bits per heavy atom. The van der Waals surface area contributed by atoms with E-state index >= 15 is 0 Å². The second kappa shape index (κ2) is 3.10. The van der Waals surface area contributed by atoms with Crippen LogP contribution in [0.4, 0.5) is 0 Å². The minimum absolute atomic E-state index is 0.201. The van der Waals surface area contributed by atoms with Crippen LogP contribution < -0.4 is 5.73 Å². The first-order valence-corrected chi connectivity index (χ1v) is 4.76. The molecule has 0 aliphatic heterocycles. The highest BCUT2D eigenvalue weighted by atomic mass is 16.5. The minimum atomic E-state index is 0.201. The standard InChI is InChI=1S/C9H15N3O/c1-5-3-7(5)9-11-8(12-13-9)6(2)4-10/h5-7H,3-4,10H2,1-2H3. The Hall–Kier alpha value is -0.900. The zero-order valence-corrected chi connectivity index (χ0v) is 8.03. The molecule has 3 unspecified atom stereocenters. The van der Waals surface area contributed by atoms with Gasteiger partial charge in [0.05, 0.1) is 0 Å². The Labute approximate surface area is 77.5 Å². The average molecular weight is 181 g/mol. The van der Waals surface area contributed by atoms with E-state index in [1.807, 2.05) is 6.92 Å². The first-order valence-electron chi connectivity index (χ1n) is 4.76. The summed E-state index contributed by atoms with van der Waals surface area (Å²) >= 11 is 0. The van der Waals surface area contributed by atoms with Crippen LogP contribution in [0.25, 0.3) is 0 Å². The average Bonchev–Trinajstić information content (AvgIpc) is 2.70. The van der Waals surface area contributed by atoms with Crippen LogP contribution in [-0.4, -0.2) is 16.7 Å². The van der Waals surface area contributed by atoms with Crippen molar-refractivity contribution in [2.24, 2.45) is 11.7 Å². The van der Waals surface area contributed by atoms with Crippen molar-refractivity contribution in [1.82, 2.24) is 10.1 Å². The lowest BCUT2D eigenvalue weighted by Gasteiger charge is -1.98. The first-order chi connectivity index (χ1) is 6.22. The fraction of sp³-hybridized carbons (Fsp3) is 0.778. The van der Waals surface area contributed by atoms with Gasteiger partial charge in [-0.05, 0) is 12.3 Å². The van der Waals surface area contributed by atoms with Crippen molar-refractivity contribution in [3.63, 3.8) is 0 Å². The van der Waals surface area contributed by atoms with Crippen molar-refractivity contribution >= 4 is 0 Å². The normalized spacial score (nSPS) is 28.8. The molecule has 2 rings (SSSR count). The van der Waals surface area contributed by atoms with Crippen molar-refractivity contribution in [3.8, 4) is 0 Å². The highest BCUT2D eigenvalue weighted by molar-refractivity contribution is 5.07. The summed E-state index contributed by atoms with van der Waals surface area (Å²) in [5.41, 5.74) is 5.51. The second-order valence-corrected chi connectivity index (χ2v) is 3.95. The Kier molecular flexibility index (Phi) is 2.07. The lowest BCUT2D eigenvalue weighted by Crippen LogP contribution is -2.10. The maximum absolute atomic E-state index is 5.51. The molecule has 1 aliphatic carbocycles. The summed E-state index contributed by atoms with van der Waals surface area (Å²) in [4.78, 5) is 4.34. The van der Waals surface area contributed by atoms with Crippen LogP contribution in [0.1, 0.15) is 43.8 Å². The van der Waals surface area contributed by atoms with Crippen molar-refractivity contribution in [2.45, 2.75) is 32.1 Å². The van der Waals surface area contributed by atoms with Gasteiger partial charge in [-0.15, -0.1) is 0 Å². The van der Waals surface area contributed by atoms with Gasteiger partial charge in [0.1, 0.15) is 0 Å². The van der Waals surface area contributed by atoms with Gasteiger partial charge in [0.25, 0.3) is 0 Å². The molecule has 2 N–H and O–H groups in total. The molecule has 0 aromatic carbocycles. The van der Waals surface area contributed by atoms with E-state index in [0.29, 0.717) is 18.4 Å². The van der Waals surface area contributed by atoms with Crippen LogP contribution in [0.15, 0.2) is 4.52 Å². The fourth-order valence-electron chi connectivity index (χ4n) is 1.37. The summed E-state index contributed by atoms with van der Waals surface area (Å²) in [5.74, 6) is 2.96. The molecule has 1 aromatic heterocycles. The summed E-state index contributed by atoms with van der Waals surface area (Å²) < 4.78 is 5.17. The molecule has 1 heterocycles. The number of hydrogen-bond acceptors (Lipinski definition) is 4. The van der Waals surface area contributed by atoms with Gasteiger partial charge in [0.15, 0.2) is 5.82 Å². The smallest absolute Gasteiger partial charge is 0.230 e. The van der Waals surface area contributed by atoms with Gasteiger partial charge < -0.3 is 10.3 Å². The summed E-state index contributed by atoms with van der Waals surface area (Å²) in [6, 6.07) is 0. The van der Waals surface area contributed by atoms with Crippen molar-refractivity contribution in [3.05, 3.63) is 11.7 Å². The van der Waals surface area contributed by atoms with Crippen molar-refractivity contribution < 1.29 is 4.52 Å². The number of aromatic nitrogens is 2. The highest BCUT2D eigenvalue weighted by Gasteiger charge is 2.39. The topological polar surface area (TPSA) is 64.9 Å². The molecule has 0 spiro atoms. The SMILES string of the molecule is CC(CN)c1noc(C2CC2C)n1. The predicted octanol–water partition coefficient (Wildman–Crippen LogP) is 1.26. The lowest BCUT2D eigenvalue weighted by molar-refractivity contribution is 0.368. The van der Waals surface area contributed by atoms with E-state index in [4.69, 9.17) is 10.3 Å². The third-order valence-corrected chi connectivity index (χ3v) is 2.68. The number of nitrogens with two attached hydrogens (primary N) is 1. The van der Waals surface area contributed by atoms with Gasteiger partial charge >= 0.3 is 0 Å². The highest BCUT2D eigenvalue weighted by Crippen LogP contribution is 2.46. The molecule has 4 nitrogen and oxygen atoms in total. The third-order valence-electron chi connectivity index (χ3n) is 2.68. The van der Waals surface area contributed by atoms with E-state index < -0.39 is 0 Å². The zero-order chi connectivity index (χ0) is 9.42. The van der Waals surface area contributed by atoms with Gasteiger partial charge in [-0.2, -0.15) is 4.98 Å². The monoisotopic (exact) mass is 181 g/mol. The molecular weight excluding hydrogens is 166 g/mol. The van der Waals surface area contributed by atoms with Crippen molar-refractivity contribution in [2.75, 3.05) is 6.54 Å². The largest absolute Gasteiger partial charge is 0.339 e. The van der Waals surface area contributed by atoms with Crippen LogP contribution in [-0.2, 0) is 0 Å². The number of hydrogen-bond donors (Lipinski definition) is 1. The Balaban J connectivity index is 2.09. The summed E-state index contributed by atoms with van der Waals surface area (Å²) in [7, 11) is 0. The van der Waals surface area contributed by atoms with Gasteiger partial charge in [-0.3, -0.25) is 0 Å². The Bertz CT molecular complexity index is 278. The fourth-order valence-corrected chi connectivity index (χ4v) is 1.37. The van der Waals surface area contributed by atoms with Crippen LogP contribution >= 0.6 is 0 Å². The maximum Gasteiger partial charge on any atom is 0.230 e. The van der Waals surface area contributed by atoms with E-state index in [1.165, 1.54) is 6.42 Å². The maximum atomic E-state index is 5.51. The van der Waals surface area contributed by atoms with E-state index in [1.54, 1.807) is 0 Å². The second-order valence-electron chi connectivity index (χ2n) is 3.95. The molecule has 72 valence electrons. The molecule has 3 atom stereocenters.